The summed E-state index contributed by atoms with van der Waals surface area (Å²) in [6, 6.07) is 10.4. The van der Waals surface area contributed by atoms with Crippen LogP contribution in [-0.4, -0.2) is 10.1 Å². The van der Waals surface area contributed by atoms with Gasteiger partial charge in [0.05, 0.1) is 6.61 Å². The molecule has 0 bridgehead atoms. The molecule has 1 heterocycles. The summed E-state index contributed by atoms with van der Waals surface area (Å²) in [6.07, 6.45) is 4.55. The van der Waals surface area contributed by atoms with Crippen molar-refractivity contribution < 1.29 is 5.11 Å². The second kappa shape index (κ2) is 7.62. The van der Waals surface area contributed by atoms with E-state index >= 15 is 0 Å². The molecule has 2 rings (SSSR count). The van der Waals surface area contributed by atoms with Crippen molar-refractivity contribution in [1.82, 2.24) is 4.98 Å². The Hall–Kier alpha value is -1.67. The van der Waals surface area contributed by atoms with Crippen LogP contribution in [0.3, 0.4) is 0 Å². The van der Waals surface area contributed by atoms with Gasteiger partial charge in [-0.25, -0.2) is 0 Å². The molecular weight excluding hydrogens is 222 g/mol. The number of aliphatic hydroxyl groups is 1. The van der Waals surface area contributed by atoms with Gasteiger partial charge in [0.15, 0.2) is 0 Å². The summed E-state index contributed by atoms with van der Waals surface area (Å²) in [5.74, 6) is 0. The molecule has 2 nitrogen and oxygen atoms in total. The van der Waals surface area contributed by atoms with E-state index in [0.717, 1.165) is 23.1 Å². The molecule has 0 fully saturated rings. The normalized spacial score (nSPS) is 9.56. The molecule has 0 aliphatic heterocycles. The van der Waals surface area contributed by atoms with Crippen molar-refractivity contribution in [3.05, 3.63) is 53.9 Å². The number of hydrogen-bond acceptors (Lipinski definition) is 2. The van der Waals surface area contributed by atoms with E-state index < -0.39 is 0 Å². The van der Waals surface area contributed by atoms with Crippen molar-refractivity contribution in [2.24, 2.45) is 0 Å². The van der Waals surface area contributed by atoms with Crippen LogP contribution < -0.4 is 0 Å². The Morgan fingerprint density at radius 3 is 2.17 bits per heavy atom. The molecule has 2 aromatic rings. The van der Waals surface area contributed by atoms with Gasteiger partial charge in [-0.15, -0.1) is 0 Å². The number of nitrogens with zero attached hydrogens (tertiary/aromatic N) is 1. The van der Waals surface area contributed by atoms with Gasteiger partial charge in [-0.1, -0.05) is 45.0 Å². The van der Waals surface area contributed by atoms with Gasteiger partial charge in [0, 0.05) is 18.0 Å². The summed E-state index contributed by atoms with van der Waals surface area (Å²) in [6.45, 7) is 6.18. The highest BCUT2D eigenvalue weighted by molar-refractivity contribution is 5.63. The number of hydrogen-bond donors (Lipinski definition) is 1. The first-order chi connectivity index (χ1) is 8.83. The van der Waals surface area contributed by atoms with Crippen LogP contribution in [0.1, 0.15) is 31.9 Å². The quantitative estimate of drug-likeness (QED) is 0.888. The average molecular weight is 243 g/mol. The van der Waals surface area contributed by atoms with E-state index in [1.54, 1.807) is 6.20 Å². The summed E-state index contributed by atoms with van der Waals surface area (Å²) >= 11 is 0. The Kier molecular flexibility index (Phi) is 6.09. The molecule has 0 saturated heterocycles. The van der Waals surface area contributed by atoms with Crippen molar-refractivity contribution in [3.8, 4) is 11.1 Å². The van der Waals surface area contributed by atoms with Gasteiger partial charge in [-0.2, -0.15) is 0 Å². The lowest BCUT2D eigenvalue weighted by atomic mass is 10.0. The highest BCUT2D eigenvalue weighted by Gasteiger charge is 1.99. The van der Waals surface area contributed by atoms with Gasteiger partial charge in [-0.05, 0) is 29.2 Å². The molecule has 0 atom stereocenters. The molecule has 1 aromatic heterocycles. The number of aryl methyl sites for hydroxylation is 1. The molecule has 0 radical (unpaired) electrons. The molecule has 0 aliphatic carbocycles. The fourth-order valence-corrected chi connectivity index (χ4v) is 1.66. The number of aliphatic hydroxyl groups excluding tert-OH is 1. The Bertz CT molecular complexity index is 463. The number of benzene rings is 1. The molecule has 0 aliphatic rings. The lowest BCUT2D eigenvalue weighted by Gasteiger charge is -2.04. The van der Waals surface area contributed by atoms with Crippen molar-refractivity contribution >= 4 is 0 Å². The van der Waals surface area contributed by atoms with E-state index in [9.17, 15) is 0 Å². The van der Waals surface area contributed by atoms with Crippen molar-refractivity contribution in [3.63, 3.8) is 0 Å². The zero-order valence-corrected chi connectivity index (χ0v) is 11.4. The minimum Gasteiger partial charge on any atom is -0.392 e. The second-order valence-corrected chi connectivity index (χ2v) is 3.79. The molecule has 0 amide bonds. The third kappa shape index (κ3) is 3.67. The molecule has 1 aromatic carbocycles. The van der Waals surface area contributed by atoms with E-state index in [4.69, 9.17) is 5.11 Å². The van der Waals surface area contributed by atoms with Crippen molar-refractivity contribution in [2.45, 2.75) is 33.8 Å². The molecule has 96 valence electrons. The van der Waals surface area contributed by atoms with Crippen LogP contribution in [-0.2, 0) is 13.0 Å². The highest BCUT2D eigenvalue weighted by atomic mass is 16.3. The molecule has 0 saturated carbocycles. The molecule has 2 heteroatoms. The van der Waals surface area contributed by atoms with E-state index in [2.05, 4.69) is 36.2 Å². The Labute approximate surface area is 109 Å². The monoisotopic (exact) mass is 243 g/mol. The van der Waals surface area contributed by atoms with E-state index in [0.29, 0.717) is 0 Å². The van der Waals surface area contributed by atoms with Crippen molar-refractivity contribution in [2.75, 3.05) is 0 Å². The minimum absolute atomic E-state index is 0.0356. The maximum atomic E-state index is 9.05. The lowest BCUT2D eigenvalue weighted by Crippen LogP contribution is -1.87. The predicted octanol–water partition coefficient (Wildman–Crippen LogP) is 3.83. The Morgan fingerprint density at radius 1 is 0.944 bits per heavy atom. The van der Waals surface area contributed by atoms with Crippen LogP contribution in [0.25, 0.3) is 11.1 Å². The third-order valence-electron chi connectivity index (χ3n) is 2.67. The molecule has 0 unspecified atom stereocenters. The van der Waals surface area contributed by atoms with Crippen LogP contribution in [0, 0.1) is 0 Å². The van der Waals surface area contributed by atoms with Crippen molar-refractivity contribution in [1.29, 1.82) is 0 Å². The minimum atomic E-state index is 0.0356. The lowest BCUT2D eigenvalue weighted by molar-refractivity contribution is 0.281. The Balaban J connectivity index is 0.000000771. The average Bonchev–Trinajstić information content (AvgIpc) is 2.49. The highest BCUT2D eigenvalue weighted by Crippen LogP contribution is 2.20. The van der Waals surface area contributed by atoms with E-state index in [1.807, 2.05) is 26.1 Å². The fourth-order valence-electron chi connectivity index (χ4n) is 1.66. The second-order valence-electron chi connectivity index (χ2n) is 3.79. The molecular formula is C16H21NO. The van der Waals surface area contributed by atoms with Gasteiger partial charge in [0.1, 0.15) is 0 Å². The number of aromatic nitrogens is 1. The summed E-state index contributed by atoms with van der Waals surface area (Å²) in [7, 11) is 0. The first kappa shape index (κ1) is 14.4. The topological polar surface area (TPSA) is 33.1 Å². The van der Waals surface area contributed by atoms with Crippen LogP contribution in [0.15, 0.2) is 42.7 Å². The van der Waals surface area contributed by atoms with E-state index in [-0.39, 0.29) is 6.61 Å². The zero-order chi connectivity index (χ0) is 13.4. The standard InChI is InChI=1S/C14H15NO.C2H6/c1-2-11-3-5-13(6-4-11)14-7-12(10-16)8-15-9-14;1-2/h3-9,16H,2,10H2,1H3;1-2H3. The van der Waals surface area contributed by atoms with Crippen LogP contribution in [0.5, 0.6) is 0 Å². The van der Waals surface area contributed by atoms with Crippen LogP contribution in [0.2, 0.25) is 0 Å². The summed E-state index contributed by atoms with van der Waals surface area (Å²) in [4.78, 5) is 4.11. The van der Waals surface area contributed by atoms with Crippen LogP contribution >= 0.6 is 0 Å². The van der Waals surface area contributed by atoms with Gasteiger partial charge < -0.3 is 5.11 Å². The maximum Gasteiger partial charge on any atom is 0.0697 e. The SMILES string of the molecule is CC.CCc1ccc(-c2cncc(CO)c2)cc1. The largest absolute Gasteiger partial charge is 0.392 e. The van der Waals surface area contributed by atoms with Gasteiger partial charge in [-0.3, -0.25) is 4.98 Å². The molecule has 1 N–H and O–H groups in total. The first-order valence-corrected chi connectivity index (χ1v) is 6.47. The fraction of sp³-hybridized carbons (Fsp3) is 0.312. The predicted molar refractivity (Wildman–Crippen MR) is 76.3 cm³/mol. The number of rotatable bonds is 3. The van der Waals surface area contributed by atoms with Crippen LogP contribution in [0.4, 0.5) is 0 Å². The van der Waals surface area contributed by atoms with Gasteiger partial charge in [0.25, 0.3) is 0 Å². The first-order valence-electron chi connectivity index (χ1n) is 6.47. The van der Waals surface area contributed by atoms with Gasteiger partial charge >= 0.3 is 0 Å². The maximum absolute atomic E-state index is 9.05. The Morgan fingerprint density at radius 2 is 1.61 bits per heavy atom. The molecule has 18 heavy (non-hydrogen) atoms. The summed E-state index contributed by atoms with van der Waals surface area (Å²) in [5, 5.41) is 9.05. The molecule has 0 spiro atoms. The summed E-state index contributed by atoms with van der Waals surface area (Å²) < 4.78 is 0. The van der Waals surface area contributed by atoms with Gasteiger partial charge in [0.2, 0.25) is 0 Å². The zero-order valence-electron chi connectivity index (χ0n) is 11.4. The number of pyridine rings is 1. The smallest absolute Gasteiger partial charge is 0.0697 e. The summed E-state index contributed by atoms with van der Waals surface area (Å²) in [5.41, 5.74) is 4.36. The van der Waals surface area contributed by atoms with E-state index in [1.165, 1.54) is 5.56 Å². The third-order valence-corrected chi connectivity index (χ3v) is 2.67.